The molecule has 2 heterocycles. The molecule has 0 atom stereocenters. The fraction of sp³-hybridized carbons (Fsp3) is 0.250. The minimum Gasteiger partial charge on any atom is -0.497 e. The van der Waals surface area contributed by atoms with Crippen LogP contribution in [0.25, 0.3) is 16.6 Å². The molecular weight excluding hydrogens is 413 g/mol. The number of carbonyl (C=O) groups excluding carboxylic acids is 1. The molecule has 0 aliphatic carbocycles. The van der Waals surface area contributed by atoms with Crippen LogP contribution in [0.1, 0.15) is 18.4 Å². The van der Waals surface area contributed by atoms with Crippen LogP contribution in [0.2, 0.25) is 0 Å². The van der Waals surface area contributed by atoms with Gasteiger partial charge in [0, 0.05) is 37.3 Å². The largest absolute Gasteiger partial charge is 0.497 e. The lowest BCUT2D eigenvalue weighted by Crippen LogP contribution is -2.25. The van der Waals surface area contributed by atoms with Crippen LogP contribution in [0.4, 0.5) is 4.39 Å². The number of hydrogen-bond acceptors (Lipinski definition) is 4. The summed E-state index contributed by atoms with van der Waals surface area (Å²) < 4.78 is 27.7. The molecule has 166 valence electrons. The number of benzene rings is 2. The molecular formula is C24H24FN3O4. The third-order valence-electron chi connectivity index (χ3n) is 5.46. The van der Waals surface area contributed by atoms with Crippen LogP contribution in [0.3, 0.4) is 0 Å². The van der Waals surface area contributed by atoms with Crippen molar-refractivity contribution < 1.29 is 18.7 Å². The molecule has 8 heteroatoms. The lowest BCUT2D eigenvalue weighted by molar-refractivity contribution is -0.121. The average molecular weight is 437 g/mol. The normalized spacial score (nSPS) is 11.1. The number of amides is 1. The van der Waals surface area contributed by atoms with Crippen LogP contribution < -0.4 is 20.3 Å². The van der Waals surface area contributed by atoms with Gasteiger partial charge in [-0.1, -0.05) is 0 Å². The molecule has 2 aromatic heterocycles. The highest BCUT2D eigenvalue weighted by Gasteiger charge is 2.12. The lowest BCUT2D eigenvalue weighted by Gasteiger charge is -2.13. The topological polar surface area (TPSA) is 74.0 Å². The number of nitrogens with zero attached hydrogens (tertiary/aromatic N) is 2. The van der Waals surface area contributed by atoms with Gasteiger partial charge in [-0.15, -0.1) is 0 Å². The summed E-state index contributed by atoms with van der Waals surface area (Å²) in [6, 6.07) is 13.3. The number of rotatable bonds is 8. The summed E-state index contributed by atoms with van der Waals surface area (Å²) in [5, 5.41) is 2.87. The SMILES string of the molecule is COc1ccc(CNC(=O)CCCn2c(=O)c3cccn3c3ccc(F)cc32)c(OC)c1. The maximum Gasteiger partial charge on any atom is 0.275 e. The average Bonchev–Trinajstić information content (AvgIpc) is 3.30. The molecule has 1 amide bonds. The summed E-state index contributed by atoms with van der Waals surface area (Å²) in [5.74, 6) is 0.745. The van der Waals surface area contributed by atoms with Crippen molar-refractivity contribution >= 4 is 22.5 Å². The second-order valence-electron chi connectivity index (χ2n) is 7.41. The van der Waals surface area contributed by atoms with Crippen molar-refractivity contribution in [1.29, 1.82) is 0 Å². The number of fused-ring (bicyclic) bond motifs is 3. The molecule has 7 nitrogen and oxygen atoms in total. The van der Waals surface area contributed by atoms with E-state index >= 15 is 0 Å². The van der Waals surface area contributed by atoms with Gasteiger partial charge < -0.3 is 23.8 Å². The number of hydrogen-bond donors (Lipinski definition) is 1. The van der Waals surface area contributed by atoms with Crippen molar-refractivity contribution in [3.63, 3.8) is 0 Å². The van der Waals surface area contributed by atoms with Crippen molar-refractivity contribution in [1.82, 2.24) is 14.3 Å². The maximum absolute atomic E-state index is 13.9. The van der Waals surface area contributed by atoms with Crippen molar-refractivity contribution in [3.8, 4) is 11.5 Å². The Morgan fingerprint density at radius 2 is 1.88 bits per heavy atom. The molecule has 4 aromatic rings. The highest BCUT2D eigenvalue weighted by molar-refractivity contribution is 5.79. The standard InChI is InChI=1S/C24H24FN3O4/c1-31-18-9-7-16(22(14-18)32-2)15-26-23(29)6-4-12-28-21-13-17(25)8-10-19(21)27-11-3-5-20(27)24(28)30/h3,5,7-11,13-14H,4,6,12,15H2,1-2H3,(H,26,29). The fourth-order valence-electron chi connectivity index (χ4n) is 3.83. The Balaban J connectivity index is 1.44. The third-order valence-corrected chi connectivity index (χ3v) is 5.46. The minimum absolute atomic E-state index is 0.143. The first-order valence-corrected chi connectivity index (χ1v) is 10.3. The Hall–Kier alpha value is -3.81. The van der Waals surface area contributed by atoms with E-state index in [1.54, 1.807) is 55.1 Å². The van der Waals surface area contributed by atoms with Gasteiger partial charge in [-0.05, 0) is 48.9 Å². The first-order valence-electron chi connectivity index (χ1n) is 10.3. The van der Waals surface area contributed by atoms with E-state index in [1.807, 2.05) is 6.07 Å². The van der Waals surface area contributed by atoms with Crippen LogP contribution in [0.5, 0.6) is 11.5 Å². The number of methoxy groups -OCH3 is 2. The van der Waals surface area contributed by atoms with Crippen molar-refractivity contribution in [2.24, 2.45) is 0 Å². The summed E-state index contributed by atoms with van der Waals surface area (Å²) in [5.41, 5.74) is 2.37. The highest BCUT2D eigenvalue weighted by atomic mass is 19.1. The number of aromatic nitrogens is 2. The van der Waals surface area contributed by atoms with E-state index in [1.165, 1.54) is 16.7 Å². The number of carbonyl (C=O) groups is 1. The first kappa shape index (κ1) is 21.4. The van der Waals surface area contributed by atoms with Gasteiger partial charge in [0.05, 0.1) is 25.3 Å². The van der Waals surface area contributed by atoms with Crippen LogP contribution in [0, 0.1) is 5.82 Å². The van der Waals surface area contributed by atoms with Crippen LogP contribution >= 0.6 is 0 Å². The van der Waals surface area contributed by atoms with Gasteiger partial charge >= 0.3 is 0 Å². The predicted molar refractivity (Wildman–Crippen MR) is 120 cm³/mol. The molecule has 4 rings (SSSR count). The number of nitrogens with one attached hydrogen (secondary N) is 1. The Morgan fingerprint density at radius 3 is 2.66 bits per heavy atom. The highest BCUT2D eigenvalue weighted by Crippen LogP contribution is 2.24. The van der Waals surface area contributed by atoms with Gasteiger partial charge in [0.1, 0.15) is 22.8 Å². The van der Waals surface area contributed by atoms with Gasteiger partial charge in [-0.25, -0.2) is 4.39 Å². The lowest BCUT2D eigenvalue weighted by atomic mass is 10.2. The molecule has 0 radical (unpaired) electrons. The van der Waals surface area contributed by atoms with Crippen LogP contribution in [0.15, 0.2) is 59.5 Å². The van der Waals surface area contributed by atoms with E-state index in [2.05, 4.69) is 5.32 Å². The number of ether oxygens (including phenoxy) is 2. The zero-order valence-electron chi connectivity index (χ0n) is 17.9. The molecule has 2 aromatic carbocycles. The number of halogens is 1. The summed E-state index contributed by atoms with van der Waals surface area (Å²) >= 11 is 0. The smallest absolute Gasteiger partial charge is 0.275 e. The van der Waals surface area contributed by atoms with Gasteiger partial charge in [-0.2, -0.15) is 0 Å². The third kappa shape index (κ3) is 4.16. The monoisotopic (exact) mass is 437 g/mol. The molecule has 32 heavy (non-hydrogen) atoms. The van der Waals surface area contributed by atoms with E-state index in [4.69, 9.17) is 9.47 Å². The van der Waals surface area contributed by atoms with Crippen LogP contribution in [-0.2, 0) is 17.9 Å². The van der Waals surface area contributed by atoms with E-state index < -0.39 is 5.82 Å². The summed E-state index contributed by atoms with van der Waals surface area (Å²) in [6.07, 6.45) is 2.45. The summed E-state index contributed by atoms with van der Waals surface area (Å²) in [4.78, 5) is 25.3. The van der Waals surface area contributed by atoms with Gasteiger partial charge in [-0.3, -0.25) is 9.59 Å². The molecule has 0 bridgehead atoms. The first-order chi connectivity index (χ1) is 15.5. The number of aryl methyl sites for hydroxylation is 1. The Labute approximate surface area is 184 Å². The predicted octanol–water partition coefficient (Wildman–Crippen LogP) is 3.51. The van der Waals surface area contributed by atoms with Crippen molar-refractivity contribution in [3.05, 3.63) is 76.5 Å². The van der Waals surface area contributed by atoms with E-state index in [0.717, 1.165) is 11.1 Å². The van der Waals surface area contributed by atoms with E-state index in [-0.39, 0.29) is 17.9 Å². The quantitative estimate of drug-likeness (QED) is 0.458. The Bertz CT molecular complexity index is 1340. The molecule has 0 aliphatic heterocycles. The van der Waals surface area contributed by atoms with E-state index in [9.17, 15) is 14.0 Å². The van der Waals surface area contributed by atoms with Gasteiger partial charge in [0.2, 0.25) is 5.91 Å². The maximum atomic E-state index is 13.9. The van der Waals surface area contributed by atoms with Crippen molar-refractivity contribution in [2.75, 3.05) is 14.2 Å². The fourth-order valence-corrected chi connectivity index (χ4v) is 3.83. The van der Waals surface area contributed by atoms with Crippen molar-refractivity contribution in [2.45, 2.75) is 25.9 Å². The minimum atomic E-state index is -0.414. The summed E-state index contributed by atoms with van der Waals surface area (Å²) in [6.45, 7) is 0.621. The second-order valence-corrected chi connectivity index (χ2v) is 7.41. The zero-order chi connectivity index (χ0) is 22.7. The Morgan fingerprint density at radius 1 is 1.03 bits per heavy atom. The molecule has 0 fully saturated rings. The molecule has 0 saturated heterocycles. The molecule has 0 aliphatic rings. The van der Waals surface area contributed by atoms with Gasteiger partial charge in [0.15, 0.2) is 0 Å². The molecule has 1 N–H and O–H groups in total. The Kier molecular flexibility index (Phi) is 6.11. The molecule has 0 saturated carbocycles. The van der Waals surface area contributed by atoms with E-state index in [0.29, 0.717) is 42.0 Å². The molecule has 0 spiro atoms. The van der Waals surface area contributed by atoms with Gasteiger partial charge in [0.25, 0.3) is 5.56 Å². The molecule has 0 unspecified atom stereocenters. The second kappa shape index (κ2) is 9.13. The zero-order valence-corrected chi connectivity index (χ0v) is 17.9. The summed E-state index contributed by atoms with van der Waals surface area (Å²) in [7, 11) is 3.14. The van der Waals surface area contributed by atoms with Crippen LogP contribution in [-0.4, -0.2) is 29.1 Å².